The van der Waals surface area contributed by atoms with Crippen LogP contribution < -0.4 is 5.32 Å². The smallest absolute Gasteiger partial charge is 0.408 e. The maximum Gasteiger partial charge on any atom is 0.408 e. The van der Waals surface area contributed by atoms with Crippen molar-refractivity contribution in [1.82, 2.24) is 9.62 Å². The molecule has 1 unspecified atom stereocenters. The van der Waals surface area contributed by atoms with E-state index in [1.807, 2.05) is 36.4 Å². The molecule has 0 fully saturated rings. The molecule has 2 aromatic carbocycles. The Morgan fingerprint density at radius 1 is 1.03 bits per heavy atom. The number of hydrogen-bond acceptors (Lipinski definition) is 4. The van der Waals surface area contributed by atoms with Crippen molar-refractivity contribution in [1.29, 1.82) is 0 Å². The topological polar surface area (TPSA) is 75.7 Å². The summed E-state index contributed by atoms with van der Waals surface area (Å²) in [5.74, 6) is 0. The van der Waals surface area contributed by atoms with Crippen LogP contribution in [0.1, 0.15) is 26.3 Å². The lowest BCUT2D eigenvalue weighted by Gasteiger charge is -2.33. The molecule has 29 heavy (non-hydrogen) atoms. The molecule has 154 valence electrons. The number of amides is 1. The van der Waals surface area contributed by atoms with Gasteiger partial charge in [0.2, 0.25) is 10.0 Å². The predicted molar refractivity (Wildman–Crippen MR) is 113 cm³/mol. The third-order valence-electron chi connectivity index (χ3n) is 4.46. The summed E-state index contributed by atoms with van der Waals surface area (Å²) in [6, 6.07) is 17.4. The predicted octanol–water partition coefficient (Wildman–Crippen LogP) is 3.67. The second kappa shape index (κ2) is 8.39. The van der Waals surface area contributed by atoms with Crippen molar-refractivity contribution in [3.05, 3.63) is 72.3 Å². The summed E-state index contributed by atoms with van der Waals surface area (Å²) >= 11 is 0. The van der Waals surface area contributed by atoms with E-state index in [1.165, 1.54) is 4.31 Å². The van der Waals surface area contributed by atoms with Crippen LogP contribution in [-0.2, 0) is 14.8 Å². The Balaban J connectivity index is 1.90. The number of carbonyl (C=O) groups excluding carboxylic acids is 1. The van der Waals surface area contributed by atoms with E-state index in [-0.39, 0.29) is 18.0 Å². The molecule has 0 spiro atoms. The lowest BCUT2D eigenvalue weighted by molar-refractivity contribution is 0.0511. The number of ether oxygens (including phenoxy) is 1. The average Bonchev–Trinajstić information content (AvgIpc) is 2.68. The van der Waals surface area contributed by atoms with E-state index in [2.05, 4.69) is 5.32 Å². The van der Waals surface area contributed by atoms with Gasteiger partial charge in [-0.2, -0.15) is 4.31 Å². The molecule has 3 rings (SSSR count). The SMILES string of the molecule is CC(C)(C)OC(=O)NC1CN(S(=O)(=O)c2ccccc2)CC=C1c1ccccc1. The standard InChI is InChI=1S/C22H26N2O4S/c1-22(2,3)28-21(25)23-20-16-24(29(26,27)18-12-8-5-9-13-18)15-14-19(20)17-10-6-4-7-11-17/h4-14,20H,15-16H2,1-3H3,(H,23,25). The number of rotatable bonds is 4. The highest BCUT2D eigenvalue weighted by molar-refractivity contribution is 7.89. The van der Waals surface area contributed by atoms with Crippen LogP contribution in [0.3, 0.4) is 0 Å². The molecule has 1 N–H and O–H groups in total. The fourth-order valence-electron chi connectivity index (χ4n) is 3.18. The van der Waals surface area contributed by atoms with Crippen molar-refractivity contribution >= 4 is 21.7 Å². The Morgan fingerprint density at radius 2 is 1.62 bits per heavy atom. The van der Waals surface area contributed by atoms with Gasteiger partial charge in [0.1, 0.15) is 5.60 Å². The number of nitrogens with one attached hydrogen (secondary N) is 1. The van der Waals surface area contributed by atoms with Gasteiger partial charge in [-0.1, -0.05) is 54.6 Å². The summed E-state index contributed by atoms with van der Waals surface area (Å²) in [7, 11) is -3.67. The highest BCUT2D eigenvalue weighted by atomic mass is 32.2. The van der Waals surface area contributed by atoms with Crippen molar-refractivity contribution in [3.8, 4) is 0 Å². The first-order valence-electron chi connectivity index (χ1n) is 9.47. The summed E-state index contributed by atoms with van der Waals surface area (Å²) in [4.78, 5) is 12.6. The van der Waals surface area contributed by atoms with Crippen molar-refractivity contribution in [2.24, 2.45) is 0 Å². The van der Waals surface area contributed by atoms with Gasteiger partial charge in [0, 0.05) is 13.1 Å². The van der Waals surface area contributed by atoms with Gasteiger partial charge in [-0.05, 0) is 44.0 Å². The Bertz CT molecular complexity index is 980. The molecule has 1 atom stereocenters. The van der Waals surface area contributed by atoms with Gasteiger partial charge in [0.25, 0.3) is 0 Å². The molecule has 0 saturated carbocycles. The van der Waals surface area contributed by atoms with E-state index in [1.54, 1.807) is 51.1 Å². The van der Waals surface area contributed by atoms with E-state index in [4.69, 9.17) is 4.74 Å². The molecule has 0 aliphatic carbocycles. The number of nitrogens with zero attached hydrogens (tertiary/aromatic N) is 1. The van der Waals surface area contributed by atoms with Crippen LogP contribution in [0.2, 0.25) is 0 Å². The zero-order valence-electron chi connectivity index (χ0n) is 16.8. The molecule has 1 amide bonds. The zero-order chi connectivity index (χ0) is 21.1. The molecule has 7 heteroatoms. The van der Waals surface area contributed by atoms with Crippen LogP contribution in [0.4, 0.5) is 4.79 Å². The molecule has 1 aliphatic heterocycles. The molecule has 0 radical (unpaired) electrons. The minimum absolute atomic E-state index is 0.122. The monoisotopic (exact) mass is 414 g/mol. The number of carbonyl (C=O) groups is 1. The van der Waals surface area contributed by atoms with Crippen LogP contribution in [0.15, 0.2) is 71.6 Å². The first-order valence-corrected chi connectivity index (χ1v) is 10.9. The summed E-state index contributed by atoms with van der Waals surface area (Å²) in [5.41, 5.74) is 1.16. The van der Waals surface area contributed by atoms with Gasteiger partial charge in [-0.25, -0.2) is 13.2 Å². The minimum Gasteiger partial charge on any atom is -0.444 e. The van der Waals surface area contributed by atoms with E-state index in [0.717, 1.165) is 11.1 Å². The quantitative estimate of drug-likeness (QED) is 0.828. The molecule has 6 nitrogen and oxygen atoms in total. The second-order valence-corrected chi connectivity index (χ2v) is 9.80. The normalized spacial score (nSPS) is 18.0. The van der Waals surface area contributed by atoms with Gasteiger partial charge >= 0.3 is 6.09 Å². The maximum absolute atomic E-state index is 13.0. The fraction of sp³-hybridized carbons (Fsp3) is 0.318. The molecule has 1 heterocycles. The number of alkyl carbamates (subject to hydrolysis) is 1. The average molecular weight is 415 g/mol. The molecule has 0 bridgehead atoms. The van der Waals surface area contributed by atoms with Gasteiger partial charge in [-0.3, -0.25) is 0 Å². The second-order valence-electron chi connectivity index (χ2n) is 7.86. The highest BCUT2D eigenvalue weighted by Gasteiger charge is 2.33. The van der Waals surface area contributed by atoms with Crippen LogP contribution in [0.25, 0.3) is 5.57 Å². The van der Waals surface area contributed by atoms with Crippen molar-refractivity contribution < 1.29 is 17.9 Å². The Kier molecular flexibility index (Phi) is 6.10. The van der Waals surface area contributed by atoms with Gasteiger partial charge in [0.15, 0.2) is 0 Å². The van der Waals surface area contributed by atoms with Gasteiger partial charge in [-0.15, -0.1) is 0 Å². The molecule has 2 aromatic rings. The Labute approximate surface area is 172 Å². The largest absolute Gasteiger partial charge is 0.444 e. The van der Waals surface area contributed by atoms with Crippen LogP contribution >= 0.6 is 0 Å². The Hall–Kier alpha value is -2.64. The molecule has 1 aliphatic rings. The summed E-state index contributed by atoms with van der Waals surface area (Å²) in [6.45, 7) is 5.71. The third-order valence-corrected chi connectivity index (χ3v) is 6.30. The van der Waals surface area contributed by atoms with E-state index >= 15 is 0 Å². The first-order chi connectivity index (χ1) is 13.7. The zero-order valence-corrected chi connectivity index (χ0v) is 17.6. The number of sulfonamides is 1. The Morgan fingerprint density at radius 3 is 2.21 bits per heavy atom. The van der Waals surface area contributed by atoms with Crippen molar-refractivity contribution in [2.75, 3.05) is 13.1 Å². The molecular formula is C22H26N2O4S. The van der Waals surface area contributed by atoms with E-state index in [0.29, 0.717) is 0 Å². The van der Waals surface area contributed by atoms with E-state index < -0.39 is 27.8 Å². The lowest BCUT2D eigenvalue weighted by Crippen LogP contribution is -2.50. The van der Waals surface area contributed by atoms with Crippen molar-refractivity contribution in [3.63, 3.8) is 0 Å². The lowest BCUT2D eigenvalue weighted by atomic mass is 9.96. The molecule has 0 saturated heterocycles. The van der Waals surface area contributed by atoms with Crippen LogP contribution in [0.5, 0.6) is 0 Å². The number of hydrogen-bond donors (Lipinski definition) is 1. The summed E-state index contributed by atoms with van der Waals surface area (Å²) < 4.78 is 32.8. The fourth-order valence-corrected chi connectivity index (χ4v) is 4.59. The van der Waals surface area contributed by atoms with Crippen LogP contribution in [0, 0.1) is 0 Å². The van der Waals surface area contributed by atoms with Crippen molar-refractivity contribution in [2.45, 2.75) is 37.3 Å². The molecule has 0 aromatic heterocycles. The molecular weight excluding hydrogens is 388 g/mol. The third kappa shape index (κ3) is 5.25. The van der Waals surface area contributed by atoms with Crippen LogP contribution in [-0.4, -0.2) is 43.5 Å². The summed E-state index contributed by atoms with van der Waals surface area (Å²) in [5, 5.41) is 2.84. The first kappa shape index (κ1) is 21.1. The van der Waals surface area contributed by atoms with E-state index in [9.17, 15) is 13.2 Å². The number of benzene rings is 2. The maximum atomic E-state index is 13.0. The minimum atomic E-state index is -3.67. The van der Waals surface area contributed by atoms with Gasteiger partial charge < -0.3 is 10.1 Å². The summed E-state index contributed by atoms with van der Waals surface area (Å²) in [6.07, 6.45) is 1.27. The highest BCUT2D eigenvalue weighted by Crippen LogP contribution is 2.27. The van der Waals surface area contributed by atoms with Gasteiger partial charge in [0.05, 0.1) is 10.9 Å².